The van der Waals surface area contributed by atoms with Gasteiger partial charge in [-0.1, -0.05) is 19.0 Å². The first-order valence-corrected chi connectivity index (χ1v) is 9.33. The summed E-state index contributed by atoms with van der Waals surface area (Å²) in [4.78, 5) is 14.9. The summed E-state index contributed by atoms with van der Waals surface area (Å²) in [5.74, 6) is 0.101. The Morgan fingerprint density at radius 1 is 1.29 bits per heavy atom. The molecule has 0 radical (unpaired) electrons. The van der Waals surface area contributed by atoms with Crippen LogP contribution in [-0.2, 0) is 6.18 Å². The van der Waals surface area contributed by atoms with Crippen molar-refractivity contribution < 1.29 is 26.9 Å². The van der Waals surface area contributed by atoms with E-state index in [1.165, 1.54) is 0 Å². The van der Waals surface area contributed by atoms with Crippen LogP contribution in [0.25, 0.3) is 0 Å². The molecular formula is C19H24F3N3O3. The van der Waals surface area contributed by atoms with Crippen LogP contribution in [0.15, 0.2) is 21.1 Å². The van der Waals surface area contributed by atoms with Crippen molar-refractivity contribution >= 4 is 5.91 Å². The van der Waals surface area contributed by atoms with Crippen LogP contribution in [0.2, 0.25) is 0 Å². The minimum atomic E-state index is -4.77. The Morgan fingerprint density at radius 2 is 1.96 bits per heavy atom. The topological polar surface area (TPSA) is 71.5 Å². The lowest BCUT2D eigenvalue weighted by molar-refractivity contribution is -0.143. The third-order valence-electron chi connectivity index (χ3n) is 4.87. The van der Waals surface area contributed by atoms with E-state index in [1.807, 2.05) is 19.1 Å². The number of likely N-dealkylation sites (tertiary alicyclic amines) is 1. The molecule has 154 valence electrons. The van der Waals surface area contributed by atoms with E-state index < -0.39 is 29.3 Å². The van der Waals surface area contributed by atoms with Crippen LogP contribution in [0.4, 0.5) is 13.2 Å². The number of nitrogens with one attached hydrogen (secondary N) is 1. The van der Waals surface area contributed by atoms with Crippen LogP contribution in [0.1, 0.15) is 72.0 Å². The molecule has 0 aromatic carbocycles. The molecule has 1 aliphatic heterocycles. The highest BCUT2D eigenvalue weighted by molar-refractivity contribution is 5.96. The number of nitrogens with zero attached hydrogens (tertiary/aromatic N) is 2. The Labute approximate surface area is 161 Å². The molecule has 1 fully saturated rings. The van der Waals surface area contributed by atoms with Crippen molar-refractivity contribution in [2.45, 2.75) is 51.7 Å². The van der Waals surface area contributed by atoms with E-state index >= 15 is 0 Å². The average Bonchev–Trinajstić information content (AvgIpc) is 3.34. The molecular weight excluding hydrogens is 375 g/mol. The Morgan fingerprint density at radius 3 is 2.50 bits per heavy atom. The number of carbonyl (C=O) groups is 1. The lowest BCUT2D eigenvalue weighted by Crippen LogP contribution is -2.37. The Kier molecular flexibility index (Phi) is 5.83. The molecule has 0 saturated carbocycles. The summed E-state index contributed by atoms with van der Waals surface area (Å²) < 4.78 is 50.4. The summed E-state index contributed by atoms with van der Waals surface area (Å²) in [6.45, 7) is 6.94. The highest BCUT2D eigenvalue weighted by Gasteiger charge is 2.42. The molecule has 2 aromatic heterocycles. The molecule has 1 saturated heterocycles. The first kappa shape index (κ1) is 20.4. The fourth-order valence-corrected chi connectivity index (χ4v) is 3.48. The molecule has 0 aliphatic carbocycles. The molecule has 0 spiro atoms. The van der Waals surface area contributed by atoms with Gasteiger partial charge in [0.2, 0.25) is 0 Å². The van der Waals surface area contributed by atoms with Gasteiger partial charge in [0.1, 0.15) is 17.1 Å². The second kappa shape index (κ2) is 7.98. The highest BCUT2D eigenvalue weighted by atomic mass is 19.4. The van der Waals surface area contributed by atoms with Crippen LogP contribution >= 0.6 is 0 Å². The van der Waals surface area contributed by atoms with Gasteiger partial charge in [-0.3, -0.25) is 9.69 Å². The molecule has 1 unspecified atom stereocenters. The van der Waals surface area contributed by atoms with Crippen LogP contribution in [0.5, 0.6) is 0 Å². The average molecular weight is 399 g/mol. The van der Waals surface area contributed by atoms with Gasteiger partial charge in [0.05, 0.1) is 6.04 Å². The maximum Gasteiger partial charge on any atom is 0.437 e. The van der Waals surface area contributed by atoms with E-state index in [1.54, 1.807) is 13.8 Å². The molecule has 28 heavy (non-hydrogen) atoms. The molecule has 0 bridgehead atoms. The van der Waals surface area contributed by atoms with Gasteiger partial charge in [0.15, 0.2) is 11.5 Å². The van der Waals surface area contributed by atoms with Gasteiger partial charge in [-0.25, -0.2) is 0 Å². The largest absolute Gasteiger partial charge is 0.465 e. The summed E-state index contributed by atoms with van der Waals surface area (Å²) in [6, 6.07) is 3.43. The summed E-state index contributed by atoms with van der Waals surface area (Å²) in [7, 11) is 0. The number of alkyl halides is 3. The van der Waals surface area contributed by atoms with Crippen LogP contribution in [-0.4, -0.2) is 35.6 Å². The maximum atomic E-state index is 13.3. The van der Waals surface area contributed by atoms with Crippen molar-refractivity contribution in [3.63, 3.8) is 0 Å². The Balaban J connectivity index is 1.82. The van der Waals surface area contributed by atoms with Crippen LogP contribution in [0.3, 0.4) is 0 Å². The molecule has 3 rings (SSSR count). The van der Waals surface area contributed by atoms with Crippen molar-refractivity contribution in [1.29, 1.82) is 0 Å². The van der Waals surface area contributed by atoms with Crippen molar-refractivity contribution in [2.75, 3.05) is 19.6 Å². The quantitative estimate of drug-likeness (QED) is 0.785. The number of furan rings is 1. The highest BCUT2D eigenvalue weighted by Crippen LogP contribution is 2.35. The fourth-order valence-electron chi connectivity index (χ4n) is 3.48. The first-order valence-electron chi connectivity index (χ1n) is 9.33. The van der Waals surface area contributed by atoms with Gasteiger partial charge in [-0.2, -0.15) is 13.2 Å². The predicted molar refractivity (Wildman–Crippen MR) is 94.9 cm³/mol. The molecule has 1 amide bonds. The van der Waals surface area contributed by atoms with Crippen molar-refractivity contribution in [3.8, 4) is 0 Å². The van der Waals surface area contributed by atoms with Gasteiger partial charge >= 0.3 is 6.18 Å². The standard InChI is InChI=1S/C19H24F3N3O3/c1-11(2)16-15(17(24-28-16)19(20,21)22)18(26)23-10-13(25-8-4-5-9-25)14-7-6-12(3)27-14/h6-7,11,13H,4-5,8-10H2,1-3H3,(H,23,26). The maximum absolute atomic E-state index is 13.3. The summed E-state index contributed by atoms with van der Waals surface area (Å²) in [5, 5.41) is 5.74. The molecule has 2 aromatic rings. The number of hydrogen-bond donors (Lipinski definition) is 1. The van der Waals surface area contributed by atoms with E-state index in [0.29, 0.717) is 5.76 Å². The number of halogens is 3. The number of hydrogen-bond acceptors (Lipinski definition) is 5. The monoisotopic (exact) mass is 399 g/mol. The van der Waals surface area contributed by atoms with Gasteiger partial charge in [-0.15, -0.1) is 0 Å². The first-order chi connectivity index (χ1) is 13.2. The van der Waals surface area contributed by atoms with Crippen molar-refractivity contribution in [2.24, 2.45) is 0 Å². The number of carbonyl (C=O) groups excluding carboxylic acids is 1. The van der Waals surface area contributed by atoms with E-state index in [-0.39, 0.29) is 18.3 Å². The minimum absolute atomic E-state index is 0.0728. The van der Waals surface area contributed by atoms with E-state index in [4.69, 9.17) is 8.94 Å². The summed E-state index contributed by atoms with van der Waals surface area (Å²) >= 11 is 0. The van der Waals surface area contributed by atoms with E-state index in [9.17, 15) is 18.0 Å². The van der Waals surface area contributed by atoms with E-state index in [2.05, 4.69) is 15.4 Å². The normalized spacial score (nSPS) is 16.7. The van der Waals surface area contributed by atoms with Crippen molar-refractivity contribution in [3.05, 3.63) is 40.7 Å². The van der Waals surface area contributed by atoms with Gasteiger partial charge in [0.25, 0.3) is 5.91 Å². The molecule has 9 heteroatoms. The van der Waals surface area contributed by atoms with Crippen LogP contribution in [0, 0.1) is 6.92 Å². The van der Waals surface area contributed by atoms with E-state index in [0.717, 1.165) is 31.7 Å². The van der Waals surface area contributed by atoms with Gasteiger partial charge < -0.3 is 14.3 Å². The second-order valence-electron chi connectivity index (χ2n) is 7.34. The summed E-state index contributed by atoms with van der Waals surface area (Å²) in [5.41, 5.74) is -1.83. The SMILES string of the molecule is Cc1ccc(C(CNC(=O)c2c(C(F)(F)F)noc2C(C)C)N2CCCC2)o1. The third-order valence-corrected chi connectivity index (χ3v) is 4.87. The van der Waals surface area contributed by atoms with Gasteiger partial charge in [-0.05, 0) is 45.0 Å². The molecule has 3 heterocycles. The summed E-state index contributed by atoms with van der Waals surface area (Å²) in [6.07, 6.45) is -2.70. The number of amides is 1. The smallest absolute Gasteiger partial charge is 0.437 e. The van der Waals surface area contributed by atoms with Gasteiger partial charge in [0, 0.05) is 12.5 Å². The Bertz CT molecular complexity index is 820. The lowest BCUT2D eigenvalue weighted by atomic mass is 10.0. The third kappa shape index (κ3) is 4.24. The molecule has 1 aliphatic rings. The Hall–Kier alpha value is -2.29. The molecule has 1 N–H and O–H groups in total. The minimum Gasteiger partial charge on any atom is -0.465 e. The van der Waals surface area contributed by atoms with Crippen LogP contribution < -0.4 is 5.32 Å². The molecule has 1 atom stereocenters. The zero-order chi connectivity index (χ0) is 20.5. The number of aryl methyl sites for hydroxylation is 1. The number of aromatic nitrogens is 1. The zero-order valence-electron chi connectivity index (χ0n) is 16.1. The second-order valence-corrected chi connectivity index (χ2v) is 7.34. The lowest BCUT2D eigenvalue weighted by Gasteiger charge is -2.26. The zero-order valence-corrected chi connectivity index (χ0v) is 16.1. The van der Waals surface area contributed by atoms with Crippen molar-refractivity contribution in [1.82, 2.24) is 15.4 Å². The fraction of sp³-hybridized carbons (Fsp3) is 0.579. The molecule has 6 nitrogen and oxygen atoms in total. The predicted octanol–water partition coefficient (Wildman–Crippen LogP) is 4.29. The number of rotatable bonds is 6.